The number of rotatable bonds is 7. The Morgan fingerprint density at radius 1 is 0.973 bits per heavy atom. The predicted molar refractivity (Wildman–Crippen MR) is 147 cm³/mol. The largest absolute Gasteiger partial charge is 0.491 e. The number of aliphatic hydroxyl groups is 1. The van der Waals surface area contributed by atoms with E-state index in [-0.39, 0.29) is 18.1 Å². The molecule has 2 N–H and O–H groups in total. The number of nitrogens with zero attached hydrogens (tertiary/aromatic N) is 2. The molecule has 0 saturated heterocycles. The highest BCUT2D eigenvalue weighted by Crippen LogP contribution is 2.35. The second-order valence-corrected chi connectivity index (χ2v) is 11.4. The van der Waals surface area contributed by atoms with Crippen molar-refractivity contribution in [1.82, 2.24) is 15.3 Å². The normalized spacial score (nSPS) is 12.8. The summed E-state index contributed by atoms with van der Waals surface area (Å²) in [5, 5.41) is 12.5. The number of amides is 1. The van der Waals surface area contributed by atoms with Gasteiger partial charge >= 0.3 is 6.09 Å². The van der Waals surface area contributed by atoms with Crippen LogP contribution in [0.3, 0.4) is 0 Å². The predicted octanol–water partition coefficient (Wildman–Crippen LogP) is 6.45. The molecular formula is C30H39N3O4. The molecule has 2 aromatic carbocycles. The number of alkyl carbamates (subject to hydrolysis) is 1. The van der Waals surface area contributed by atoms with E-state index >= 15 is 0 Å². The van der Waals surface area contributed by atoms with Gasteiger partial charge in [0, 0.05) is 22.9 Å². The van der Waals surface area contributed by atoms with E-state index in [0.717, 1.165) is 33.7 Å². The van der Waals surface area contributed by atoms with Crippen molar-refractivity contribution < 1.29 is 19.4 Å². The summed E-state index contributed by atoms with van der Waals surface area (Å²) in [4.78, 5) is 21.4. The van der Waals surface area contributed by atoms with Crippen LogP contribution in [0.4, 0.5) is 4.79 Å². The van der Waals surface area contributed by atoms with Crippen LogP contribution in [0.5, 0.6) is 5.75 Å². The first kappa shape index (κ1) is 28.1. The van der Waals surface area contributed by atoms with E-state index in [2.05, 4.69) is 37.1 Å². The first-order valence-electron chi connectivity index (χ1n) is 12.6. The smallest absolute Gasteiger partial charge is 0.408 e. The molecule has 1 atom stereocenters. The molecule has 1 amide bonds. The maximum absolute atomic E-state index is 12.1. The second kappa shape index (κ2) is 11.3. The summed E-state index contributed by atoms with van der Waals surface area (Å²) in [6.07, 6.45) is 1.26. The number of carbonyl (C=O) groups is 1. The zero-order chi connectivity index (χ0) is 27.4. The van der Waals surface area contributed by atoms with Gasteiger partial charge in [-0.1, -0.05) is 45.0 Å². The quantitative estimate of drug-likeness (QED) is 0.383. The van der Waals surface area contributed by atoms with E-state index in [1.165, 1.54) is 0 Å². The molecule has 1 heterocycles. The summed E-state index contributed by atoms with van der Waals surface area (Å²) in [6, 6.07) is 14.9. The van der Waals surface area contributed by atoms with E-state index in [1.54, 1.807) is 27.0 Å². The monoisotopic (exact) mass is 505 g/mol. The number of aliphatic hydroxyl groups excluding tert-OH is 1. The van der Waals surface area contributed by atoms with Crippen LogP contribution in [0.2, 0.25) is 0 Å². The van der Waals surface area contributed by atoms with E-state index < -0.39 is 17.7 Å². The number of benzene rings is 2. The number of ether oxygens (including phenoxy) is 2. The molecule has 0 aliphatic rings. The van der Waals surface area contributed by atoms with E-state index in [4.69, 9.17) is 14.5 Å². The Labute approximate surface area is 220 Å². The number of nitrogens with one attached hydrogen (secondary N) is 1. The van der Waals surface area contributed by atoms with Gasteiger partial charge in [0.25, 0.3) is 0 Å². The highest BCUT2D eigenvalue weighted by molar-refractivity contribution is 5.69. The van der Waals surface area contributed by atoms with Crippen LogP contribution in [0, 0.1) is 0 Å². The van der Waals surface area contributed by atoms with Crippen LogP contribution in [-0.2, 0) is 10.2 Å². The van der Waals surface area contributed by atoms with Crippen molar-refractivity contribution in [3.63, 3.8) is 0 Å². The standard InChI is InChI=1S/C30H39N3O4/c1-19(2)36-26-14-13-22(17-23(26)29(3,4)5)24-15-16-31-27(32-24)21-11-9-20(10-12-21)25(18-34)33-28(35)37-30(6,7)8/h9-17,19,25,34H,18H2,1-8H3,(H,33,35). The first-order valence-corrected chi connectivity index (χ1v) is 12.6. The van der Waals surface area contributed by atoms with Crippen molar-refractivity contribution in [2.75, 3.05) is 6.61 Å². The molecule has 3 aromatic rings. The first-order chi connectivity index (χ1) is 17.3. The van der Waals surface area contributed by atoms with Crippen LogP contribution < -0.4 is 10.1 Å². The maximum atomic E-state index is 12.1. The summed E-state index contributed by atoms with van der Waals surface area (Å²) >= 11 is 0. The Balaban J connectivity index is 1.86. The van der Waals surface area contributed by atoms with Gasteiger partial charge in [0.15, 0.2) is 5.82 Å². The van der Waals surface area contributed by atoms with Crippen molar-refractivity contribution in [3.8, 4) is 28.4 Å². The van der Waals surface area contributed by atoms with Crippen molar-refractivity contribution in [1.29, 1.82) is 0 Å². The van der Waals surface area contributed by atoms with Crippen LogP contribution >= 0.6 is 0 Å². The lowest BCUT2D eigenvalue weighted by molar-refractivity contribution is 0.0482. The molecule has 0 bridgehead atoms. The molecule has 0 aliphatic carbocycles. The molecule has 0 aliphatic heterocycles. The third-order valence-electron chi connectivity index (χ3n) is 5.55. The minimum atomic E-state index is -0.619. The van der Waals surface area contributed by atoms with Crippen molar-refractivity contribution in [3.05, 3.63) is 65.9 Å². The van der Waals surface area contributed by atoms with Crippen molar-refractivity contribution in [2.45, 2.75) is 78.6 Å². The topological polar surface area (TPSA) is 93.6 Å². The minimum absolute atomic E-state index is 0.0883. The average Bonchev–Trinajstić information content (AvgIpc) is 2.81. The molecular weight excluding hydrogens is 466 g/mol. The van der Waals surface area contributed by atoms with Gasteiger partial charge in [0.2, 0.25) is 0 Å². The third kappa shape index (κ3) is 7.76. The summed E-state index contributed by atoms with van der Waals surface area (Å²) in [7, 11) is 0. The van der Waals surface area contributed by atoms with E-state index in [1.807, 2.05) is 56.3 Å². The number of hydrogen-bond acceptors (Lipinski definition) is 6. The van der Waals surface area contributed by atoms with Gasteiger partial charge in [0.1, 0.15) is 11.4 Å². The zero-order valence-electron chi connectivity index (χ0n) is 23.1. The van der Waals surface area contributed by atoms with Crippen LogP contribution in [0.1, 0.15) is 72.6 Å². The maximum Gasteiger partial charge on any atom is 0.408 e. The summed E-state index contributed by atoms with van der Waals surface area (Å²) in [5.74, 6) is 1.47. The van der Waals surface area contributed by atoms with Gasteiger partial charge in [-0.2, -0.15) is 0 Å². The van der Waals surface area contributed by atoms with Gasteiger partial charge in [-0.3, -0.25) is 0 Å². The van der Waals surface area contributed by atoms with Gasteiger partial charge in [-0.05, 0) is 69.9 Å². The Kier molecular flexibility index (Phi) is 8.59. The Morgan fingerprint density at radius 3 is 2.19 bits per heavy atom. The lowest BCUT2D eigenvalue weighted by atomic mass is 9.85. The second-order valence-electron chi connectivity index (χ2n) is 11.4. The summed E-state index contributed by atoms with van der Waals surface area (Å²) in [5.41, 5.74) is 3.79. The van der Waals surface area contributed by atoms with Gasteiger partial charge in [-0.25, -0.2) is 14.8 Å². The fraction of sp³-hybridized carbons (Fsp3) is 0.433. The van der Waals surface area contributed by atoms with Crippen molar-refractivity contribution >= 4 is 6.09 Å². The summed E-state index contributed by atoms with van der Waals surface area (Å²) < 4.78 is 11.4. The molecule has 0 spiro atoms. The lowest BCUT2D eigenvalue weighted by Crippen LogP contribution is -2.36. The molecule has 198 valence electrons. The molecule has 3 rings (SSSR count). The van der Waals surface area contributed by atoms with Gasteiger partial charge in [0.05, 0.1) is 24.4 Å². The number of hydrogen-bond donors (Lipinski definition) is 2. The van der Waals surface area contributed by atoms with Crippen LogP contribution in [0.25, 0.3) is 22.6 Å². The third-order valence-corrected chi connectivity index (χ3v) is 5.55. The van der Waals surface area contributed by atoms with Crippen molar-refractivity contribution in [2.24, 2.45) is 0 Å². The Morgan fingerprint density at radius 2 is 1.62 bits per heavy atom. The minimum Gasteiger partial charge on any atom is -0.491 e. The average molecular weight is 506 g/mol. The van der Waals surface area contributed by atoms with E-state index in [9.17, 15) is 9.90 Å². The SMILES string of the molecule is CC(C)Oc1ccc(-c2ccnc(-c3ccc(C(CO)NC(=O)OC(C)(C)C)cc3)n2)cc1C(C)(C)C. The highest BCUT2D eigenvalue weighted by atomic mass is 16.6. The Hall–Kier alpha value is -3.45. The molecule has 1 aromatic heterocycles. The summed E-state index contributed by atoms with van der Waals surface area (Å²) in [6.45, 7) is 15.7. The molecule has 0 radical (unpaired) electrons. The van der Waals surface area contributed by atoms with Crippen LogP contribution in [-0.4, -0.2) is 39.5 Å². The molecule has 0 fully saturated rings. The molecule has 0 saturated carbocycles. The molecule has 7 nitrogen and oxygen atoms in total. The molecule has 7 heteroatoms. The molecule has 37 heavy (non-hydrogen) atoms. The van der Waals surface area contributed by atoms with E-state index in [0.29, 0.717) is 5.82 Å². The van der Waals surface area contributed by atoms with Gasteiger partial charge < -0.3 is 19.9 Å². The Bertz CT molecular complexity index is 1210. The fourth-order valence-corrected chi connectivity index (χ4v) is 3.84. The molecule has 1 unspecified atom stereocenters. The fourth-order valence-electron chi connectivity index (χ4n) is 3.84. The number of carbonyl (C=O) groups excluding carboxylic acids is 1. The highest BCUT2D eigenvalue weighted by Gasteiger charge is 2.22. The zero-order valence-corrected chi connectivity index (χ0v) is 23.1. The number of aromatic nitrogens is 2. The van der Waals surface area contributed by atoms with Crippen LogP contribution in [0.15, 0.2) is 54.7 Å². The lowest BCUT2D eigenvalue weighted by Gasteiger charge is -2.25. The van der Waals surface area contributed by atoms with Gasteiger partial charge in [-0.15, -0.1) is 0 Å².